The summed E-state index contributed by atoms with van der Waals surface area (Å²) in [6, 6.07) is 8.87. The Balaban J connectivity index is 1.77. The minimum absolute atomic E-state index is 0.289. The van der Waals surface area contributed by atoms with Gasteiger partial charge in [-0.3, -0.25) is 20.0 Å². The maximum Gasteiger partial charge on any atom is 0.285 e. The number of amides is 2. The van der Waals surface area contributed by atoms with E-state index >= 15 is 0 Å². The Kier molecular flexibility index (Phi) is 4.32. The summed E-state index contributed by atoms with van der Waals surface area (Å²) in [5.41, 5.74) is 3.19. The minimum atomic E-state index is -0.356. The van der Waals surface area contributed by atoms with Crippen LogP contribution >= 0.6 is 35.3 Å². The average Bonchev–Trinajstić information content (AvgIpc) is 3.13. The van der Waals surface area contributed by atoms with Crippen LogP contribution in [0.1, 0.15) is 15.4 Å². The molecule has 3 heterocycles. The number of hydrogen-bond donors (Lipinski definition) is 1. The predicted octanol–water partition coefficient (Wildman–Crippen LogP) is 2.69. The van der Waals surface area contributed by atoms with Crippen molar-refractivity contribution in [3.63, 3.8) is 0 Å². The van der Waals surface area contributed by atoms with E-state index in [9.17, 15) is 9.59 Å². The number of thioether (sulfide) groups is 1. The van der Waals surface area contributed by atoms with Gasteiger partial charge in [0.05, 0.1) is 15.5 Å². The van der Waals surface area contributed by atoms with Gasteiger partial charge >= 0.3 is 0 Å². The maximum atomic E-state index is 12.3. The molecule has 0 spiro atoms. The van der Waals surface area contributed by atoms with Gasteiger partial charge in [0.15, 0.2) is 4.32 Å². The van der Waals surface area contributed by atoms with Crippen molar-refractivity contribution in [2.24, 2.45) is 0 Å². The lowest BCUT2D eigenvalue weighted by Gasteiger charge is -2.14. The predicted molar refractivity (Wildman–Crippen MR) is 91.0 cm³/mol. The fraction of sp³-hybridized carbons (Fsp3) is 0. The van der Waals surface area contributed by atoms with E-state index in [4.69, 9.17) is 12.2 Å². The van der Waals surface area contributed by atoms with E-state index in [1.807, 2.05) is 6.07 Å². The van der Waals surface area contributed by atoms with E-state index in [1.165, 1.54) is 11.3 Å². The van der Waals surface area contributed by atoms with Crippen LogP contribution in [0.15, 0.2) is 46.8 Å². The van der Waals surface area contributed by atoms with Gasteiger partial charge in [-0.25, -0.2) is 0 Å². The van der Waals surface area contributed by atoms with E-state index in [2.05, 4.69) is 10.4 Å². The summed E-state index contributed by atoms with van der Waals surface area (Å²) in [5, 5.41) is 2.89. The molecule has 0 radical (unpaired) electrons. The van der Waals surface area contributed by atoms with Crippen LogP contribution in [0, 0.1) is 0 Å². The molecule has 8 heteroatoms. The average molecular weight is 347 g/mol. The topological polar surface area (TPSA) is 62.3 Å². The van der Waals surface area contributed by atoms with Crippen molar-refractivity contribution >= 4 is 57.5 Å². The van der Waals surface area contributed by atoms with Crippen LogP contribution in [-0.2, 0) is 4.79 Å². The van der Waals surface area contributed by atoms with E-state index < -0.39 is 0 Å². The van der Waals surface area contributed by atoms with Gasteiger partial charge in [0.25, 0.3) is 11.8 Å². The summed E-state index contributed by atoms with van der Waals surface area (Å²) in [6.45, 7) is 0. The lowest BCUT2D eigenvalue weighted by Crippen LogP contribution is -2.44. The second-order valence-corrected chi connectivity index (χ2v) is 6.81. The van der Waals surface area contributed by atoms with Crippen molar-refractivity contribution < 1.29 is 9.59 Å². The van der Waals surface area contributed by atoms with Crippen molar-refractivity contribution in [3.05, 3.63) is 57.4 Å². The highest BCUT2D eigenvalue weighted by Gasteiger charge is 2.33. The van der Waals surface area contributed by atoms with E-state index in [0.717, 1.165) is 16.8 Å². The summed E-state index contributed by atoms with van der Waals surface area (Å²) < 4.78 is 0.289. The summed E-state index contributed by atoms with van der Waals surface area (Å²) in [6.07, 6.45) is 3.29. The van der Waals surface area contributed by atoms with E-state index in [1.54, 1.807) is 41.9 Å². The number of nitrogens with one attached hydrogen (secondary N) is 1. The van der Waals surface area contributed by atoms with Crippen molar-refractivity contribution in [2.45, 2.75) is 0 Å². The first-order chi connectivity index (χ1) is 10.6. The maximum absolute atomic E-state index is 12.3. The zero-order chi connectivity index (χ0) is 15.5. The molecule has 1 aliphatic heterocycles. The van der Waals surface area contributed by atoms with Crippen LogP contribution in [0.5, 0.6) is 0 Å². The largest absolute Gasteiger partial charge is 0.285 e. The Morgan fingerprint density at radius 2 is 2.18 bits per heavy atom. The summed E-state index contributed by atoms with van der Waals surface area (Å²) >= 11 is 7.58. The molecule has 22 heavy (non-hydrogen) atoms. The second-order valence-electron chi connectivity index (χ2n) is 4.19. The lowest BCUT2D eigenvalue weighted by atomic mass is 10.3. The Morgan fingerprint density at radius 3 is 2.86 bits per heavy atom. The van der Waals surface area contributed by atoms with Crippen molar-refractivity contribution in [3.8, 4) is 0 Å². The van der Waals surface area contributed by atoms with Crippen LogP contribution in [0.3, 0.4) is 0 Å². The molecule has 1 saturated heterocycles. The van der Waals surface area contributed by atoms with Gasteiger partial charge in [-0.15, -0.1) is 11.3 Å². The number of carbonyl (C=O) groups excluding carboxylic acids is 2. The highest BCUT2D eigenvalue weighted by atomic mass is 32.2. The molecule has 3 rings (SSSR count). The van der Waals surface area contributed by atoms with Crippen LogP contribution in [0.2, 0.25) is 0 Å². The Labute approximate surface area is 140 Å². The first-order valence-corrected chi connectivity index (χ1v) is 8.29. The monoisotopic (exact) mass is 347 g/mol. The number of thiophene rings is 1. The third kappa shape index (κ3) is 3.08. The molecule has 0 saturated carbocycles. The van der Waals surface area contributed by atoms with Gasteiger partial charge < -0.3 is 0 Å². The third-order valence-corrected chi connectivity index (χ3v) is 4.89. The molecule has 1 aliphatic rings. The van der Waals surface area contributed by atoms with Gasteiger partial charge in [-0.05, 0) is 41.9 Å². The van der Waals surface area contributed by atoms with Crippen LogP contribution in [-0.4, -0.2) is 26.1 Å². The molecular weight excluding hydrogens is 338 g/mol. The van der Waals surface area contributed by atoms with Crippen LogP contribution in [0.4, 0.5) is 0 Å². The van der Waals surface area contributed by atoms with Crippen molar-refractivity contribution in [1.29, 1.82) is 0 Å². The molecule has 0 aliphatic carbocycles. The fourth-order valence-electron chi connectivity index (χ4n) is 1.72. The number of hydrogen-bond acceptors (Lipinski definition) is 6. The summed E-state index contributed by atoms with van der Waals surface area (Å²) in [4.78, 5) is 29.4. The van der Waals surface area contributed by atoms with Gasteiger partial charge in [0.2, 0.25) is 0 Å². The van der Waals surface area contributed by atoms with Crippen LogP contribution < -0.4 is 5.43 Å². The molecule has 5 nitrogen and oxygen atoms in total. The second kappa shape index (κ2) is 6.39. The molecule has 0 atom stereocenters. The minimum Gasteiger partial charge on any atom is -0.266 e. The van der Waals surface area contributed by atoms with Crippen molar-refractivity contribution in [2.75, 3.05) is 0 Å². The smallest absolute Gasteiger partial charge is 0.266 e. The number of hydrazine groups is 1. The highest BCUT2D eigenvalue weighted by molar-refractivity contribution is 8.26. The number of carbonyl (C=O) groups is 2. The first-order valence-electron chi connectivity index (χ1n) is 6.18. The van der Waals surface area contributed by atoms with E-state index in [-0.39, 0.29) is 16.1 Å². The zero-order valence-electron chi connectivity index (χ0n) is 11.1. The SMILES string of the molecule is O=C(NN1C(=O)/C(=C/c2ccccn2)SC1=S)c1cccs1. The quantitative estimate of drug-likeness (QED) is 0.683. The molecule has 0 unspecified atom stereocenters. The molecule has 1 fully saturated rings. The molecule has 2 aromatic rings. The first kappa shape index (κ1) is 14.9. The highest BCUT2D eigenvalue weighted by Crippen LogP contribution is 2.31. The van der Waals surface area contributed by atoms with E-state index in [0.29, 0.717) is 15.5 Å². The number of rotatable bonds is 3. The number of thiocarbonyl (C=S) groups is 1. The Hall–Kier alpha value is -2.03. The summed E-state index contributed by atoms with van der Waals surface area (Å²) in [5.74, 6) is -0.712. The van der Waals surface area contributed by atoms with Crippen LogP contribution in [0.25, 0.3) is 6.08 Å². The van der Waals surface area contributed by atoms with Gasteiger partial charge in [-0.2, -0.15) is 5.01 Å². The lowest BCUT2D eigenvalue weighted by molar-refractivity contribution is -0.123. The number of aromatic nitrogens is 1. The molecule has 0 aromatic carbocycles. The molecule has 2 aromatic heterocycles. The normalized spacial score (nSPS) is 16.4. The van der Waals surface area contributed by atoms with Gasteiger partial charge in [-0.1, -0.05) is 23.9 Å². The molecular formula is C14H9N3O2S3. The molecule has 110 valence electrons. The fourth-order valence-corrected chi connectivity index (χ4v) is 3.50. The molecule has 1 N–H and O–H groups in total. The van der Waals surface area contributed by atoms with Gasteiger partial charge in [0, 0.05) is 6.20 Å². The zero-order valence-corrected chi connectivity index (χ0v) is 13.5. The number of nitrogens with zero attached hydrogens (tertiary/aromatic N) is 2. The standard InChI is InChI=1S/C14H9N3O2S3/c18-12(10-5-3-7-21-10)16-17-13(19)11(22-14(17)20)8-9-4-1-2-6-15-9/h1-8H,(H,16,18)/b11-8-. The molecule has 2 amide bonds. The molecule has 0 bridgehead atoms. The van der Waals surface area contributed by atoms with Crippen molar-refractivity contribution in [1.82, 2.24) is 15.4 Å². The Bertz CT molecular complexity index is 757. The Morgan fingerprint density at radius 1 is 1.32 bits per heavy atom. The van der Waals surface area contributed by atoms with Gasteiger partial charge in [0.1, 0.15) is 0 Å². The summed E-state index contributed by atoms with van der Waals surface area (Å²) in [7, 11) is 0. The number of pyridine rings is 1. The third-order valence-electron chi connectivity index (χ3n) is 2.72.